The van der Waals surface area contributed by atoms with Gasteiger partial charge >= 0.3 is 0 Å². The molecular weight excluding hydrogens is 286 g/mol. The summed E-state index contributed by atoms with van der Waals surface area (Å²) in [5.74, 6) is 0.431. The van der Waals surface area contributed by atoms with Crippen LogP contribution in [0, 0.1) is 5.92 Å². The molecule has 108 valence electrons. The van der Waals surface area contributed by atoms with Crippen molar-refractivity contribution in [3.63, 3.8) is 0 Å². The summed E-state index contributed by atoms with van der Waals surface area (Å²) < 4.78 is 0. The fraction of sp³-hybridized carbons (Fsp3) is 0.500. The van der Waals surface area contributed by atoms with Gasteiger partial charge in [-0.15, -0.1) is 22.7 Å². The van der Waals surface area contributed by atoms with E-state index in [4.69, 9.17) is 0 Å². The van der Waals surface area contributed by atoms with Gasteiger partial charge in [-0.25, -0.2) is 0 Å². The molecule has 0 saturated heterocycles. The van der Waals surface area contributed by atoms with Crippen LogP contribution >= 0.6 is 22.7 Å². The normalized spacial score (nSPS) is 24.1. The molecule has 3 unspecified atom stereocenters. The van der Waals surface area contributed by atoms with Crippen LogP contribution in [-0.2, 0) is 6.42 Å². The molecule has 3 atom stereocenters. The molecule has 1 aliphatic carbocycles. The highest BCUT2D eigenvalue weighted by Gasteiger charge is 2.29. The van der Waals surface area contributed by atoms with E-state index >= 15 is 0 Å². The Balaban J connectivity index is 1.72. The van der Waals surface area contributed by atoms with Crippen molar-refractivity contribution in [3.05, 3.63) is 44.8 Å². The summed E-state index contributed by atoms with van der Waals surface area (Å²) in [7, 11) is 0. The summed E-state index contributed by atoms with van der Waals surface area (Å²) in [6, 6.07) is 9.53. The lowest BCUT2D eigenvalue weighted by atomic mass is 10.0. The molecule has 2 N–H and O–H groups in total. The molecule has 2 aromatic rings. The smallest absolute Gasteiger partial charge is 0.0474 e. The van der Waals surface area contributed by atoms with E-state index in [9.17, 15) is 5.11 Å². The van der Waals surface area contributed by atoms with Crippen molar-refractivity contribution in [2.45, 2.75) is 37.8 Å². The van der Waals surface area contributed by atoms with Crippen molar-refractivity contribution in [3.8, 4) is 0 Å². The second kappa shape index (κ2) is 6.85. The van der Waals surface area contributed by atoms with E-state index in [1.807, 2.05) is 22.7 Å². The Morgan fingerprint density at radius 2 is 2.05 bits per heavy atom. The maximum absolute atomic E-state index is 9.50. The Labute approximate surface area is 128 Å². The van der Waals surface area contributed by atoms with Crippen LogP contribution in [0.5, 0.6) is 0 Å². The number of aliphatic hydroxyl groups is 1. The average Bonchev–Trinajstić information content (AvgIpc) is 3.21. The topological polar surface area (TPSA) is 32.3 Å². The van der Waals surface area contributed by atoms with Crippen molar-refractivity contribution in [2.24, 2.45) is 5.92 Å². The van der Waals surface area contributed by atoms with Crippen LogP contribution < -0.4 is 5.32 Å². The molecule has 4 heteroatoms. The van der Waals surface area contributed by atoms with Crippen LogP contribution in [0.1, 0.15) is 35.1 Å². The zero-order valence-electron chi connectivity index (χ0n) is 11.5. The minimum absolute atomic E-state index is 0.313. The van der Waals surface area contributed by atoms with Crippen molar-refractivity contribution in [2.75, 3.05) is 6.61 Å². The van der Waals surface area contributed by atoms with Gasteiger partial charge in [-0.2, -0.15) is 0 Å². The fourth-order valence-electron chi connectivity index (χ4n) is 3.09. The largest absolute Gasteiger partial charge is 0.396 e. The van der Waals surface area contributed by atoms with Crippen LogP contribution in [0.4, 0.5) is 0 Å². The maximum atomic E-state index is 9.50. The van der Waals surface area contributed by atoms with Gasteiger partial charge in [0.15, 0.2) is 0 Å². The SMILES string of the molecule is OCC1CCCC1NC(Cc1cccs1)c1cccs1. The van der Waals surface area contributed by atoms with E-state index in [1.165, 1.54) is 22.6 Å². The Bertz CT molecular complexity index is 495. The zero-order chi connectivity index (χ0) is 13.8. The third-order valence-electron chi connectivity index (χ3n) is 4.18. The molecule has 2 heterocycles. The highest BCUT2D eigenvalue weighted by molar-refractivity contribution is 7.10. The van der Waals surface area contributed by atoms with Crippen LogP contribution in [-0.4, -0.2) is 17.8 Å². The van der Waals surface area contributed by atoms with E-state index in [0.717, 1.165) is 12.8 Å². The Hall–Kier alpha value is -0.680. The van der Waals surface area contributed by atoms with E-state index < -0.39 is 0 Å². The molecule has 1 saturated carbocycles. The number of rotatable bonds is 6. The molecule has 0 radical (unpaired) electrons. The lowest BCUT2D eigenvalue weighted by Gasteiger charge is -2.25. The van der Waals surface area contributed by atoms with Crippen LogP contribution in [0.25, 0.3) is 0 Å². The lowest BCUT2D eigenvalue weighted by Crippen LogP contribution is -2.37. The van der Waals surface area contributed by atoms with Crippen molar-refractivity contribution in [1.82, 2.24) is 5.32 Å². The molecule has 0 bridgehead atoms. The van der Waals surface area contributed by atoms with Crippen LogP contribution in [0.15, 0.2) is 35.0 Å². The van der Waals surface area contributed by atoms with Gasteiger partial charge in [0.05, 0.1) is 0 Å². The van der Waals surface area contributed by atoms with Gasteiger partial charge in [0.1, 0.15) is 0 Å². The summed E-state index contributed by atoms with van der Waals surface area (Å²) in [5, 5.41) is 17.6. The Morgan fingerprint density at radius 1 is 1.20 bits per heavy atom. The molecule has 0 amide bonds. The molecule has 0 aliphatic heterocycles. The third kappa shape index (κ3) is 3.31. The molecular formula is C16H21NOS2. The number of hydrogen-bond donors (Lipinski definition) is 2. The average molecular weight is 307 g/mol. The van der Waals surface area contributed by atoms with Crippen molar-refractivity contribution >= 4 is 22.7 Å². The standard InChI is InChI=1S/C16H21NOS2/c18-11-12-4-1-6-14(12)17-15(16-7-3-9-20-16)10-13-5-2-8-19-13/h2-3,5,7-9,12,14-15,17-18H,1,4,6,10-11H2. The fourth-order valence-corrected chi connectivity index (χ4v) is 4.63. The maximum Gasteiger partial charge on any atom is 0.0474 e. The number of thiophene rings is 2. The molecule has 3 rings (SSSR count). The summed E-state index contributed by atoms with van der Waals surface area (Å²) in [4.78, 5) is 2.83. The predicted octanol–water partition coefficient (Wildman–Crippen LogP) is 3.84. The predicted molar refractivity (Wildman–Crippen MR) is 86.4 cm³/mol. The summed E-state index contributed by atoms with van der Waals surface area (Å²) in [6.07, 6.45) is 4.63. The molecule has 2 aromatic heterocycles. The highest BCUT2D eigenvalue weighted by atomic mass is 32.1. The van der Waals surface area contributed by atoms with Crippen molar-refractivity contribution in [1.29, 1.82) is 0 Å². The minimum atomic E-state index is 0.313. The number of nitrogens with one attached hydrogen (secondary N) is 1. The molecule has 2 nitrogen and oxygen atoms in total. The first-order chi connectivity index (χ1) is 9.86. The Kier molecular flexibility index (Phi) is 4.89. The van der Waals surface area contributed by atoms with Gasteiger partial charge in [0.25, 0.3) is 0 Å². The number of hydrogen-bond acceptors (Lipinski definition) is 4. The van der Waals surface area contributed by atoms with Gasteiger partial charge in [0, 0.05) is 34.9 Å². The summed E-state index contributed by atoms with van der Waals surface area (Å²) in [6.45, 7) is 0.313. The van der Waals surface area contributed by atoms with E-state index in [2.05, 4.69) is 40.3 Å². The zero-order valence-corrected chi connectivity index (χ0v) is 13.1. The van der Waals surface area contributed by atoms with E-state index in [0.29, 0.717) is 24.6 Å². The molecule has 1 aliphatic rings. The van der Waals surface area contributed by atoms with Crippen LogP contribution in [0.2, 0.25) is 0 Å². The summed E-state index contributed by atoms with van der Waals surface area (Å²) in [5.41, 5.74) is 0. The van der Waals surface area contributed by atoms with Crippen LogP contribution in [0.3, 0.4) is 0 Å². The molecule has 20 heavy (non-hydrogen) atoms. The molecule has 0 aromatic carbocycles. The second-order valence-corrected chi connectivity index (χ2v) is 7.51. The second-order valence-electron chi connectivity index (χ2n) is 5.50. The monoisotopic (exact) mass is 307 g/mol. The van der Waals surface area contributed by atoms with Gasteiger partial charge < -0.3 is 10.4 Å². The lowest BCUT2D eigenvalue weighted by molar-refractivity contribution is 0.199. The third-order valence-corrected chi connectivity index (χ3v) is 6.07. The Morgan fingerprint density at radius 3 is 2.75 bits per heavy atom. The highest BCUT2D eigenvalue weighted by Crippen LogP contribution is 2.31. The minimum Gasteiger partial charge on any atom is -0.396 e. The van der Waals surface area contributed by atoms with Gasteiger partial charge in [-0.3, -0.25) is 0 Å². The van der Waals surface area contributed by atoms with Gasteiger partial charge in [-0.05, 0) is 41.7 Å². The van der Waals surface area contributed by atoms with E-state index in [-0.39, 0.29) is 0 Å². The first kappa shape index (κ1) is 14.3. The van der Waals surface area contributed by atoms with E-state index in [1.54, 1.807) is 0 Å². The quantitative estimate of drug-likeness (QED) is 0.850. The van der Waals surface area contributed by atoms with Crippen molar-refractivity contribution < 1.29 is 5.11 Å². The molecule has 1 fully saturated rings. The first-order valence-corrected chi connectivity index (χ1v) is 9.05. The first-order valence-electron chi connectivity index (χ1n) is 7.29. The van der Waals surface area contributed by atoms with Gasteiger partial charge in [-0.1, -0.05) is 18.6 Å². The van der Waals surface area contributed by atoms with Gasteiger partial charge in [0.2, 0.25) is 0 Å². The summed E-state index contributed by atoms with van der Waals surface area (Å²) >= 11 is 3.65. The number of aliphatic hydroxyl groups excluding tert-OH is 1. The molecule has 0 spiro atoms.